The van der Waals surface area contributed by atoms with Crippen LogP contribution in [0, 0.1) is 0 Å². The number of carbonyl (C=O) groups is 1. The van der Waals surface area contributed by atoms with E-state index in [2.05, 4.69) is 15.6 Å². The lowest BCUT2D eigenvalue weighted by molar-refractivity contribution is -0.121. The second-order valence-electron chi connectivity index (χ2n) is 5.40. The number of nitrogens with one attached hydrogen (secondary N) is 2. The summed E-state index contributed by atoms with van der Waals surface area (Å²) in [4.78, 5) is 15.8. The van der Waals surface area contributed by atoms with Gasteiger partial charge in [-0.1, -0.05) is 6.07 Å². The third kappa shape index (κ3) is 5.17. The first kappa shape index (κ1) is 14.8. The largest absolute Gasteiger partial charge is 0.475 e. The molecular formula is C15H23N3O2. The van der Waals surface area contributed by atoms with Crippen molar-refractivity contribution in [2.24, 2.45) is 0 Å². The Bertz CT molecular complexity index is 444. The molecule has 1 amide bonds. The third-order valence-corrected chi connectivity index (χ3v) is 2.98. The van der Waals surface area contributed by atoms with Crippen LogP contribution in [-0.2, 0) is 11.3 Å². The molecule has 1 aromatic rings. The van der Waals surface area contributed by atoms with E-state index in [0.717, 1.165) is 18.4 Å². The molecule has 0 radical (unpaired) electrons. The van der Waals surface area contributed by atoms with E-state index >= 15 is 0 Å². The first-order valence-corrected chi connectivity index (χ1v) is 7.26. The predicted molar refractivity (Wildman–Crippen MR) is 77.5 cm³/mol. The Hall–Kier alpha value is -1.62. The van der Waals surface area contributed by atoms with Gasteiger partial charge in [-0.2, -0.15) is 0 Å². The molecule has 1 aromatic heterocycles. The number of rotatable bonds is 8. The lowest BCUT2D eigenvalue weighted by atomic mass is 10.2. The number of aromatic nitrogens is 1. The lowest BCUT2D eigenvalue weighted by Gasteiger charge is -2.13. The van der Waals surface area contributed by atoms with Crippen molar-refractivity contribution in [2.75, 3.05) is 6.54 Å². The van der Waals surface area contributed by atoms with Crippen molar-refractivity contribution in [3.05, 3.63) is 23.9 Å². The monoisotopic (exact) mass is 277 g/mol. The number of hydrogen-bond donors (Lipinski definition) is 2. The van der Waals surface area contributed by atoms with Crippen molar-refractivity contribution in [1.29, 1.82) is 0 Å². The van der Waals surface area contributed by atoms with Crippen molar-refractivity contribution in [3.8, 4) is 5.88 Å². The summed E-state index contributed by atoms with van der Waals surface area (Å²) in [5.41, 5.74) is 1.02. The average molecular weight is 277 g/mol. The molecule has 1 aliphatic carbocycles. The minimum atomic E-state index is 0.105. The average Bonchev–Trinajstić information content (AvgIpc) is 3.19. The summed E-state index contributed by atoms with van der Waals surface area (Å²) >= 11 is 0. The molecule has 0 aliphatic heterocycles. The van der Waals surface area contributed by atoms with Crippen molar-refractivity contribution in [1.82, 2.24) is 15.6 Å². The van der Waals surface area contributed by atoms with Crippen LogP contribution in [0.5, 0.6) is 5.88 Å². The molecule has 0 aromatic carbocycles. The van der Waals surface area contributed by atoms with E-state index in [1.165, 1.54) is 0 Å². The van der Waals surface area contributed by atoms with Gasteiger partial charge in [-0.25, -0.2) is 4.98 Å². The van der Waals surface area contributed by atoms with Crippen LogP contribution in [0.25, 0.3) is 0 Å². The minimum absolute atomic E-state index is 0.105. The molecule has 5 nitrogen and oxygen atoms in total. The summed E-state index contributed by atoms with van der Waals surface area (Å²) < 4.78 is 5.65. The first-order chi connectivity index (χ1) is 9.65. The van der Waals surface area contributed by atoms with E-state index in [-0.39, 0.29) is 12.0 Å². The molecule has 2 rings (SSSR count). The molecule has 1 heterocycles. The topological polar surface area (TPSA) is 63.2 Å². The molecule has 2 N–H and O–H groups in total. The Kier molecular flexibility index (Phi) is 5.35. The molecule has 5 heteroatoms. The van der Waals surface area contributed by atoms with Gasteiger partial charge in [0.25, 0.3) is 0 Å². The maximum Gasteiger partial charge on any atom is 0.221 e. The SMILES string of the molecule is CC(C)Oc1ncccc1CNCCC(=O)NC1CC1. The Balaban J connectivity index is 1.71. The fourth-order valence-electron chi connectivity index (χ4n) is 1.84. The highest BCUT2D eigenvalue weighted by atomic mass is 16.5. The van der Waals surface area contributed by atoms with Crippen LogP contribution < -0.4 is 15.4 Å². The maximum atomic E-state index is 11.5. The highest BCUT2D eigenvalue weighted by Gasteiger charge is 2.22. The Morgan fingerprint density at radius 3 is 3.00 bits per heavy atom. The van der Waals surface area contributed by atoms with E-state index in [1.807, 2.05) is 26.0 Å². The summed E-state index contributed by atoms with van der Waals surface area (Å²) in [7, 11) is 0. The summed E-state index contributed by atoms with van der Waals surface area (Å²) in [6, 6.07) is 4.32. The number of pyridine rings is 1. The van der Waals surface area contributed by atoms with E-state index in [1.54, 1.807) is 6.20 Å². The third-order valence-electron chi connectivity index (χ3n) is 2.98. The summed E-state index contributed by atoms with van der Waals surface area (Å²) in [5.74, 6) is 0.794. The summed E-state index contributed by atoms with van der Waals surface area (Å²) in [6.45, 7) is 5.28. The molecular weight excluding hydrogens is 254 g/mol. The first-order valence-electron chi connectivity index (χ1n) is 7.26. The minimum Gasteiger partial charge on any atom is -0.475 e. The number of ether oxygens (including phenoxy) is 1. The van der Waals surface area contributed by atoms with E-state index in [9.17, 15) is 4.79 Å². The van der Waals surface area contributed by atoms with Crippen LogP contribution in [0.2, 0.25) is 0 Å². The van der Waals surface area contributed by atoms with Gasteiger partial charge < -0.3 is 15.4 Å². The quantitative estimate of drug-likeness (QED) is 0.709. The van der Waals surface area contributed by atoms with Crippen molar-refractivity contribution in [3.63, 3.8) is 0 Å². The highest BCUT2D eigenvalue weighted by Crippen LogP contribution is 2.18. The molecule has 0 unspecified atom stereocenters. The second-order valence-corrected chi connectivity index (χ2v) is 5.40. The highest BCUT2D eigenvalue weighted by molar-refractivity contribution is 5.76. The van der Waals surface area contributed by atoms with Gasteiger partial charge in [0.05, 0.1) is 6.10 Å². The molecule has 0 atom stereocenters. The molecule has 1 saturated carbocycles. The van der Waals surface area contributed by atoms with Crippen molar-refractivity contribution in [2.45, 2.75) is 51.8 Å². The van der Waals surface area contributed by atoms with Gasteiger partial charge >= 0.3 is 0 Å². The molecule has 0 spiro atoms. The smallest absolute Gasteiger partial charge is 0.221 e. The van der Waals surface area contributed by atoms with Gasteiger partial charge in [-0.15, -0.1) is 0 Å². The molecule has 0 saturated heterocycles. The van der Waals surface area contributed by atoms with E-state index < -0.39 is 0 Å². The lowest BCUT2D eigenvalue weighted by Crippen LogP contribution is -2.29. The fraction of sp³-hybridized carbons (Fsp3) is 0.600. The standard InChI is InChI=1S/C15H23N3O2/c1-11(2)20-15-12(4-3-8-17-15)10-16-9-7-14(19)18-13-5-6-13/h3-4,8,11,13,16H,5-7,9-10H2,1-2H3,(H,18,19). The molecule has 1 fully saturated rings. The van der Waals surface area contributed by atoms with Crippen LogP contribution in [0.4, 0.5) is 0 Å². The Morgan fingerprint density at radius 1 is 1.50 bits per heavy atom. The van der Waals surface area contributed by atoms with Crippen LogP contribution in [0.15, 0.2) is 18.3 Å². The molecule has 20 heavy (non-hydrogen) atoms. The zero-order valence-corrected chi connectivity index (χ0v) is 12.2. The number of carbonyl (C=O) groups excluding carboxylic acids is 1. The summed E-state index contributed by atoms with van der Waals surface area (Å²) in [5, 5.41) is 6.23. The van der Waals surface area contributed by atoms with Gasteiger partial charge in [-0.3, -0.25) is 4.79 Å². The van der Waals surface area contributed by atoms with Gasteiger partial charge in [0.1, 0.15) is 0 Å². The maximum absolute atomic E-state index is 11.5. The molecule has 1 aliphatic rings. The van der Waals surface area contributed by atoms with Gasteiger partial charge in [0, 0.05) is 37.3 Å². The van der Waals surface area contributed by atoms with Gasteiger partial charge in [0.2, 0.25) is 11.8 Å². The Morgan fingerprint density at radius 2 is 2.30 bits per heavy atom. The fourth-order valence-corrected chi connectivity index (χ4v) is 1.84. The number of amides is 1. The van der Waals surface area contributed by atoms with E-state index in [4.69, 9.17) is 4.74 Å². The number of nitrogens with zero attached hydrogens (tertiary/aromatic N) is 1. The van der Waals surface area contributed by atoms with E-state index in [0.29, 0.717) is 31.4 Å². The normalized spacial score (nSPS) is 14.3. The zero-order valence-electron chi connectivity index (χ0n) is 12.2. The predicted octanol–water partition coefficient (Wildman–Crippen LogP) is 1.63. The molecule has 0 bridgehead atoms. The second kappa shape index (κ2) is 7.24. The van der Waals surface area contributed by atoms with Gasteiger partial charge in [-0.05, 0) is 32.8 Å². The van der Waals surface area contributed by atoms with Gasteiger partial charge in [0.15, 0.2) is 0 Å². The number of hydrogen-bond acceptors (Lipinski definition) is 4. The van der Waals surface area contributed by atoms with Crippen molar-refractivity contribution >= 4 is 5.91 Å². The summed E-state index contributed by atoms with van der Waals surface area (Å²) in [6.07, 6.45) is 4.60. The zero-order chi connectivity index (χ0) is 14.4. The van der Waals surface area contributed by atoms with Crippen LogP contribution in [0.1, 0.15) is 38.7 Å². The molecule has 110 valence electrons. The Labute approximate surface area is 120 Å². The van der Waals surface area contributed by atoms with Crippen LogP contribution in [-0.4, -0.2) is 29.6 Å². The van der Waals surface area contributed by atoms with Crippen LogP contribution >= 0.6 is 0 Å². The van der Waals surface area contributed by atoms with Crippen molar-refractivity contribution < 1.29 is 9.53 Å². The van der Waals surface area contributed by atoms with Crippen LogP contribution in [0.3, 0.4) is 0 Å².